The summed E-state index contributed by atoms with van der Waals surface area (Å²) in [6.45, 7) is 7.53. The molecule has 0 bridgehead atoms. The monoisotopic (exact) mass is 294 g/mol. The Balaban J connectivity index is 1.74. The molecule has 1 aliphatic heterocycles. The van der Waals surface area contributed by atoms with Gasteiger partial charge in [-0.3, -0.25) is 0 Å². The molecule has 0 aromatic heterocycles. The molecule has 1 aromatic carbocycles. The minimum atomic E-state index is 0.296. The molecule has 0 amide bonds. The molecule has 0 N–H and O–H groups in total. The molecule has 0 aliphatic carbocycles. The summed E-state index contributed by atoms with van der Waals surface area (Å²) in [5, 5.41) is 0. The van der Waals surface area contributed by atoms with Gasteiger partial charge in [0, 0.05) is 11.8 Å². The Bertz CT molecular complexity index is 469. The second-order valence-electron chi connectivity index (χ2n) is 5.29. The van der Waals surface area contributed by atoms with Gasteiger partial charge in [-0.2, -0.15) is 11.8 Å². The van der Waals surface area contributed by atoms with Gasteiger partial charge in [0.25, 0.3) is 0 Å². The minimum absolute atomic E-state index is 0.296. The Hall–Kier alpha value is -1.29. The maximum Gasteiger partial charge on any atom is 0.231 e. The van der Waals surface area contributed by atoms with E-state index in [1.807, 2.05) is 30.0 Å². The second-order valence-corrected chi connectivity index (χ2v) is 6.32. The smallest absolute Gasteiger partial charge is 0.231 e. The first kappa shape index (κ1) is 15.1. The van der Waals surface area contributed by atoms with Crippen LogP contribution in [-0.2, 0) is 0 Å². The fourth-order valence-electron chi connectivity index (χ4n) is 1.76. The highest BCUT2D eigenvalue weighted by molar-refractivity contribution is 7.99. The molecule has 0 atom stereocenters. The third-order valence-corrected chi connectivity index (χ3v) is 4.37. The lowest BCUT2D eigenvalue weighted by Crippen LogP contribution is -1.97. The molecule has 0 saturated carbocycles. The fraction of sp³-hybridized carbons (Fsp3) is 0.500. The highest BCUT2D eigenvalue weighted by Crippen LogP contribution is 2.35. The summed E-state index contributed by atoms with van der Waals surface area (Å²) in [4.78, 5) is 0. The van der Waals surface area contributed by atoms with E-state index in [-0.39, 0.29) is 0 Å². The number of hydrogen-bond acceptors (Lipinski definition) is 4. The zero-order chi connectivity index (χ0) is 14.4. The topological polar surface area (TPSA) is 27.7 Å². The van der Waals surface area contributed by atoms with Crippen LogP contribution in [0.25, 0.3) is 0 Å². The van der Waals surface area contributed by atoms with Gasteiger partial charge < -0.3 is 14.2 Å². The largest absolute Gasteiger partial charge is 0.489 e. The molecular formula is C16H22O3S. The second kappa shape index (κ2) is 7.48. The average molecular weight is 294 g/mol. The number of thioether (sulfide) groups is 1. The first-order valence-electron chi connectivity index (χ1n) is 6.91. The van der Waals surface area contributed by atoms with Crippen LogP contribution in [0.3, 0.4) is 0 Å². The van der Waals surface area contributed by atoms with E-state index in [1.54, 1.807) is 0 Å². The van der Waals surface area contributed by atoms with Gasteiger partial charge in [-0.15, -0.1) is 0 Å². The average Bonchev–Trinajstić information content (AvgIpc) is 2.85. The molecule has 0 spiro atoms. The molecule has 2 rings (SSSR count). The normalized spacial score (nSPS) is 13.9. The third-order valence-electron chi connectivity index (χ3n) is 2.81. The summed E-state index contributed by atoms with van der Waals surface area (Å²) in [6, 6.07) is 5.66. The van der Waals surface area contributed by atoms with Crippen molar-refractivity contribution in [1.82, 2.24) is 0 Å². The molecular weight excluding hydrogens is 272 g/mol. The van der Waals surface area contributed by atoms with Crippen molar-refractivity contribution in [2.75, 3.05) is 24.9 Å². The van der Waals surface area contributed by atoms with E-state index < -0.39 is 0 Å². The van der Waals surface area contributed by atoms with Crippen LogP contribution in [0.4, 0.5) is 0 Å². The van der Waals surface area contributed by atoms with Crippen LogP contribution in [0, 0.1) is 5.92 Å². The number of benzene rings is 1. The van der Waals surface area contributed by atoms with E-state index in [1.165, 1.54) is 11.3 Å². The lowest BCUT2D eigenvalue weighted by atomic mass is 10.3. The van der Waals surface area contributed by atoms with Gasteiger partial charge in [0.1, 0.15) is 12.4 Å². The summed E-state index contributed by atoms with van der Waals surface area (Å²) in [5.41, 5.74) is 1.36. The van der Waals surface area contributed by atoms with Gasteiger partial charge in [0.05, 0.1) is 0 Å². The van der Waals surface area contributed by atoms with Gasteiger partial charge in [0.15, 0.2) is 11.5 Å². The number of hydrogen-bond donors (Lipinski definition) is 0. The van der Waals surface area contributed by atoms with Crippen molar-refractivity contribution >= 4 is 11.8 Å². The molecule has 20 heavy (non-hydrogen) atoms. The Kier molecular flexibility index (Phi) is 5.65. The third kappa shape index (κ3) is 4.67. The van der Waals surface area contributed by atoms with Crippen molar-refractivity contribution in [3.05, 3.63) is 29.8 Å². The van der Waals surface area contributed by atoms with E-state index in [0.29, 0.717) is 13.4 Å². The van der Waals surface area contributed by atoms with Crippen molar-refractivity contribution in [2.45, 2.75) is 20.8 Å². The summed E-state index contributed by atoms with van der Waals surface area (Å²) in [5.74, 6) is 5.38. The standard InChI is InChI=1S/C16H22O3S/c1-12(2)9-20-10-13(3)6-7-17-14-4-5-15-16(8-14)19-11-18-15/h4-6,8,12H,7,9-11H2,1-3H3/b13-6+. The predicted molar refractivity (Wildman–Crippen MR) is 84.0 cm³/mol. The number of ether oxygens (including phenoxy) is 3. The summed E-state index contributed by atoms with van der Waals surface area (Å²) in [7, 11) is 0. The maximum atomic E-state index is 5.71. The van der Waals surface area contributed by atoms with E-state index in [2.05, 4.69) is 26.8 Å². The van der Waals surface area contributed by atoms with E-state index >= 15 is 0 Å². The van der Waals surface area contributed by atoms with Crippen molar-refractivity contribution < 1.29 is 14.2 Å². The van der Waals surface area contributed by atoms with Crippen LogP contribution in [0.5, 0.6) is 17.2 Å². The number of fused-ring (bicyclic) bond motifs is 1. The van der Waals surface area contributed by atoms with Gasteiger partial charge in [-0.1, -0.05) is 19.4 Å². The van der Waals surface area contributed by atoms with E-state index in [4.69, 9.17) is 14.2 Å². The van der Waals surface area contributed by atoms with Crippen LogP contribution in [0.2, 0.25) is 0 Å². The Morgan fingerprint density at radius 2 is 2.15 bits per heavy atom. The molecule has 1 heterocycles. The van der Waals surface area contributed by atoms with Gasteiger partial charge in [-0.25, -0.2) is 0 Å². The first-order chi connectivity index (χ1) is 9.65. The predicted octanol–water partition coefficient (Wildman–Crippen LogP) is 4.13. The molecule has 110 valence electrons. The lowest BCUT2D eigenvalue weighted by Gasteiger charge is -2.07. The van der Waals surface area contributed by atoms with Crippen LogP contribution in [-0.4, -0.2) is 24.9 Å². The Labute approximate surface area is 125 Å². The van der Waals surface area contributed by atoms with E-state index in [9.17, 15) is 0 Å². The molecule has 0 radical (unpaired) electrons. The maximum absolute atomic E-state index is 5.71. The van der Waals surface area contributed by atoms with Crippen molar-refractivity contribution in [1.29, 1.82) is 0 Å². The van der Waals surface area contributed by atoms with Gasteiger partial charge >= 0.3 is 0 Å². The van der Waals surface area contributed by atoms with Crippen molar-refractivity contribution in [3.8, 4) is 17.2 Å². The summed E-state index contributed by atoms with van der Waals surface area (Å²) in [6.07, 6.45) is 2.14. The highest BCUT2D eigenvalue weighted by atomic mass is 32.2. The van der Waals surface area contributed by atoms with Crippen LogP contribution in [0.1, 0.15) is 20.8 Å². The molecule has 4 heteroatoms. The van der Waals surface area contributed by atoms with Gasteiger partial charge in [-0.05, 0) is 36.8 Å². The van der Waals surface area contributed by atoms with Gasteiger partial charge in [0.2, 0.25) is 6.79 Å². The number of rotatable bonds is 7. The molecule has 0 saturated heterocycles. The minimum Gasteiger partial charge on any atom is -0.489 e. The molecule has 3 nitrogen and oxygen atoms in total. The van der Waals surface area contributed by atoms with Crippen LogP contribution < -0.4 is 14.2 Å². The SMILES string of the molecule is C/C(=C\COc1ccc2c(c1)OCO2)CSCC(C)C. The van der Waals surface area contributed by atoms with E-state index in [0.717, 1.165) is 28.9 Å². The Morgan fingerprint density at radius 1 is 1.35 bits per heavy atom. The zero-order valence-electron chi connectivity index (χ0n) is 12.3. The highest BCUT2D eigenvalue weighted by Gasteiger charge is 2.13. The molecule has 1 aliphatic rings. The molecule has 1 aromatic rings. The summed E-state index contributed by atoms with van der Waals surface area (Å²) >= 11 is 1.97. The molecule has 0 unspecified atom stereocenters. The Morgan fingerprint density at radius 3 is 2.95 bits per heavy atom. The summed E-state index contributed by atoms with van der Waals surface area (Å²) < 4.78 is 16.3. The molecule has 0 fully saturated rings. The first-order valence-corrected chi connectivity index (χ1v) is 8.06. The lowest BCUT2D eigenvalue weighted by molar-refractivity contribution is 0.174. The van der Waals surface area contributed by atoms with Crippen LogP contribution in [0.15, 0.2) is 29.8 Å². The zero-order valence-corrected chi connectivity index (χ0v) is 13.2. The van der Waals surface area contributed by atoms with Crippen LogP contribution >= 0.6 is 11.8 Å². The quantitative estimate of drug-likeness (QED) is 0.707. The fourth-order valence-corrected chi connectivity index (χ4v) is 2.79. The van der Waals surface area contributed by atoms with Crippen molar-refractivity contribution in [3.63, 3.8) is 0 Å². The van der Waals surface area contributed by atoms with Crippen molar-refractivity contribution in [2.24, 2.45) is 5.92 Å².